The van der Waals surface area contributed by atoms with Crippen LogP contribution in [0.25, 0.3) is 0 Å². The number of rotatable bonds is 7. The molecule has 0 unspecified atom stereocenters. The van der Waals surface area contributed by atoms with Crippen LogP contribution in [0.1, 0.15) is 45.4 Å². The van der Waals surface area contributed by atoms with Crippen molar-refractivity contribution in [1.29, 1.82) is 0 Å². The average Bonchev–Trinajstić information content (AvgIpc) is 2.28. The third-order valence-electron chi connectivity index (χ3n) is 3.16. The van der Waals surface area contributed by atoms with Crippen LogP contribution in [-0.2, 0) is 4.84 Å². The minimum atomic E-state index is 0.653. The molecule has 0 aliphatic carbocycles. The summed E-state index contributed by atoms with van der Waals surface area (Å²) in [5.41, 5.74) is 0. The van der Waals surface area contributed by atoms with Crippen LogP contribution in [0.15, 0.2) is 12.7 Å². The summed E-state index contributed by atoms with van der Waals surface area (Å²) in [7, 11) is 0. The van der Waals surface area contributed by atoms with Crippen LogP contribution in [0.5, 0.6) is 0 Å². The van der Waals surface area contributed by atoms with Crippen molar-refractivity contribution >= 4 is 0 Å². The molecule has 2 nitrogen and oxygen atoms in total. The molecule has 0 aromatic carbocycles. The van der Waals surface area contributed by atoms with Gasteiger partial charge in [0.15, 0.2) is 0 Å². The van der Waals surface area contributed by atoms with Crippen LogP contribution in [0, 0.1) is 5.92 Å². The lowest BCUT2D eigenvalue weighted by Crippen LogP contribution is -2.33. The predicted molar refractivity (Wildman–Crippen MR) is 64.6 cm³/mol. The minimum absolute atomic E-state index is 0.653. The third-order valence-corrected chi connectivity index (χ3v) is 3.16. The molecule has 0 aromatic rings. The highest BCUT2D eigenvalue weighted by molar-refractivity contribution is 4.69. The lowest BCUT2D eigenvalue weighted by molar-refractivity contribution is -0.164. The maximum absolute atomic E-state index is 5.52. The molecule has 0 atom stereocenters. The van der Waals surface area contributed by atoms with Crippen LogP contribution in [0.3, 0.4) is 0 Å². The fourth-order valence-electron chi connectivity index (χ4n) is 2.17. The molecule has 1 aliphatic rings. The van der Waals surface area contributed by atoms with Gasteiger partial charge in [0.2, 0.25) is 0 Å². The summed E-state index contributed by atoms with van der Waals surface area (Å²) < 4.78 is 0. The Kier molecular flexibility index (Phi) is 6.69. The van der Waals surface area contributed by atoms with Crippen molar-refractivity contribution < 1.29 is 4.84 Å². The summed E-state index contributed by atoms with van der Waals surface area (Å²) in [6, 6.07) is 0. The lowest BCUT2D eigenvalue weighted by atomic mass is 9.92. The number of nitrogens with zero attached hydrogens (tertiary/aromatic N) is 1. The van der Waals surface area contributed by atoms with Gasteiger partial charge in [-0.15, -0.1) is 6.58 Å². The number of unbranched alkanes of at least 4 members (excludes halogenated alkanes) is 2. The maximum atomic E-state index is 5.52. The van der Waals surface area contributed by atoms with Crippen LogP contribution in [-0.4, -0.2) is 24.8 Å². The highest BCUT2D eigenvalue weighted by Gasteiger charge is 2.18. The van der Waals surface area contributed by atoms with E-state index in [0.717, 1.165) is 19.0 Å². The smallest absolute Gasteiger partial charge is 0.0864 e. The molecule has 1 saturated heterocycles. The van der Waals surface area contributed by atoms with Crippen molar-refractivity contribution in [2.45, 2.75) is 45.4 Å². The summed E-state index contributed by atoms with van der Waals surface area (Å²) in [6.45, 7) is 8.78. The molecule has 1 fully saturated rings. The van der Waals surface area contributed by atoms with E-state index in [1.807, 2.05) is 6.08 Å². The van der Waals surface area contributed by atoms with Crippen LogP contribution in [0.2, 0.25) is 0 Å². The van der Waals surface area contributed by atoms with Gasteiger partial charge in [0, 0.05) is 13.1 Å². The van der Waals surface area contributed by atoms with Crippen molar-refractivity contribution in [3.8, 4) is 0 Å². The predicted octanol–water partition coefficient (Wildman–Crippen LogP) is 3.40. The Labute approximate surface area is 94.3 Å². The first kappa shape index (κ1) is 12.7. The fourth-order valence-corrected chi connectivity index (χ4v) is 2.17. The van der Waals surface area contributed by atoms with Crippen LogP contribution < -0.4 is 0 Å². The van der Waals surface area contributed by atoms with Crippen molar-refractivity contribution in [1.82, 2.24) is 5.06 Å². The second-order valence-corrected chi connectivity index (χ2v) is 4.45. The van der Waals surface area contributed by atoms with E-state index in [4.69, 9.17) is 4.84 Å². The van der Waals surface area contributed by atoms with Gasteiger partial charge in [0.1, 0.15) is 0 Å². The molecule has 2 heteroatoms. The summed E-state index contributed by atoms with van der Waals surface area (Å²) in [6.07, 6.45) is 9.99. The number of hydrogen-bond acceptors (Lipinski definition) is 2. The summed E-state index contributed by atoms with van der Waals surface area (Å²) in [4.78, 5) is 5.52. The lowest BCUT2D eigenvalue weighted by Gasteiger charge is -2.30. The molecule has 0 amide bonds. The fraction of sp³-hybridized carbons (Fsp3) is 0.846. The molecule has 0 N–H and O–H groups in total. The Morgan fingerprint density at radius 1 is 1.33 bits per heavy atom. The first-order valence-electron chi connectivity index (χ1n) is 6.35. The Balaban J connectivity index is 2.04. The minimum Gasteiger partial charge on any atom is -0.295 e. The van der Waals surface area contributed by atoms with E-state index >= 15 is 0 Å². The van der Waals surface area contributed by atoms with Crippen molar-refractivity contribution in [2.24, 2.45) is 5.92 Å². The standard InChI is InChI=1S/C13H25NO/c1-3-5-6-7-13-8-10-14(11-9-13)15-12-4-2/h4,13H,2-3,5-12H2,1H3. The highest BCUT2D eigenvalue weighted by Crippen LogP contribution is 2.22. The Morgan fingerprint density at radius 3 is 2.67 bits per heavy atom. The van der Waals surface area contributed by atoms with E-state index in [1.54, 1.807) is 0 Å². The van der Waals surface area contributed by atoms with Gasteiger partial charge >= 0.3 is 0 Å². The quantitative estimate of drug-likeness (QED) is 0.473. The first-order chi connectivity index (χ1) is 7.36. The summed E-state index contributed by atoms with van der Waals surface area (Å²) >= 11 is 0. The van der Waals surface area contributed by atoms with Crippen molar-refractivity contribution in [3.63, 3.8) is 0 Å². The largest absolute Gasteiger partial charge is 0.295 e. The first-order valence-corrected chi connectivity index (χ1v) is 6.35. The molecular formula is C13H25NO. The van der Waals surface area contributed by atoms with Crippen LogP contribution in [0.4, 0.5) is 0 Å². The number of piperidine rings is 1. The Morgan fingerprint density at radius 2 is 2.07 bits per heavy atom. The second-order valence-electron chi connectivity index (χ2n) is 4.45. The molecule has 0 saturated carbocycles. The van der Waals surface area contributed by atoms with Gasteiger partial charge in [0.25, 0.3) is 0 Å². The molecule has 88 valence electrons. The second kappa shape index (κ2) is 7.89. The van der Waals surface area contributed by atoms with Gasteiger partial charge in [-0.3, -0.25) is 4.84 Å². The number of hydrogen-bond donors (Lipinski definition) is 0. The van der Waals surface area contributed by atoms with Crippen molar-refractivity contribution in [2.75, 3.05) is 19.7 Å². The van der Waals surface area contributed by atoms with E-state index in [9.17, 15) is 0 Å². The van der Waals surface area contributed by atoms with Gasteiger partial charge in [-0.25, -0.2) is 0 Å². The normalized spacial score (nSPS) is 19.3. The molecule has 15 heavy (non-hydrogen) atoms. The topological polar surface area (TPSA) is 12.5 Å². The van der Waals surface area contributed by atoms with E-state index < -0.39 is 0 Å². The molecule has 1 heterocycles. The Hall–Kier alpha value is -0.340. The molecular weight excluding hydrogens is 186 g/mol. The summed E-state index contributed by atoms with van der Waals surface area (Å²) in [5.74, 6) is 0.945. The van der Waals surface area contributed by atoms with Gasteiger partial charge in [-0.05, 0) is 18.8 Å². The van der Waals surface area contributed by atoms with E-state index in [2.05, 4.69) is 18.6 Å². The average molecular weight is 211 g/mol. The molecule has 0 spiro atoms. The zero-order chi connectivity index (χ0) is 10.9. The number of hydroxylamine groups is 2. The van der Waals surface area contributed by atoms with Gasteiger partial charge in [-0.1, -0.05) is 38.7 Å². The SMILES string of the molecule is C=CCON1CCC(CCCCC)CC1. The zero-order valence-electron chi connectivity index (χ0n) is 10.1. The van der Waals surface area contributed by atoms with Crippen molar-refractivity contribution in [3.05, 3.63) is 12.7 Å². The maximum Gasteiger partial charge on any atom is 0.0864 e. The van der Waals surface area contributed by atoms with Gasteiger partial charge < -0.3 is 0 Å². The highest BCUT2D eigenvalue weighted by atomic mass is 16.7. The van der Waals surface area contributed by atoms with Gasteiger partial charge in [0.05, 0.1) is 6.61 Å². The van der Waals surface area contributed by atoms with Crippen LogP contribution >= 0.6 is 0 Å². The molecule has 1 rings (SSSR count). The molecule has 1 aliphatic heterocycles. The third kappa shape index (κ3) is 5.33. The zero-order valence-corrected chi connectivity index (χ0v) is 10.1. The van der Waals surface area contributed by atoms with E-state index in [0.29, 0.717) is 6.61 Å². The molecule has 0 radical (unpaired) electrons. The summed E-state index contributed by atoms with van der Waals surface area (Å²) in [5, 5.41) is 2.10. The van der Waals surface area contributed by atoms with Gasteiger partial charge in [-0.2, -0.15) is 5.06 Å². The molecule has 0 aromatic heterocycles. The molecule has 0 bridgehead atoms. The van der Waals surface area contributed by atoms with E-state index in [-0.39, 0.29) is 0 Å². The monoisotopic (exact) mass is 211 g/mol. The Bertz CT molecular complexity index is 162. The van der Waals surface area contributed by atoms with E-state index in [1.165, 1.54) is 38.5 Å².